The number of rotatable bonds is 5. The van der Waals surface area contributed by atoms with Gasteiger partial charge in [0, 0.05) is 22.8 Å². The minimum atomic E-state index is 0.120. The summed E-state index contributed by atoms with van der Waals surface area (Å²) >= 11 is 1.61. The lowest BCUT2D eigenvalue weighted by molar-refractivity contribution is -0.117. The number of carbonyl (C=O) groups is 1. The van der Waals surface area contributed by atoms with Crippen molar-refractivity contribution in [3.8, 4) is 0 Å². The lowest BCUT2D eigenvalue weighted by atomic mass is 10.2. The van der Waals surface area contributed by atoms with E-state index in [4.69, 9.17) is 5.73 Å². The van der Waals surface area contributed by atoms with Crippen LogP contribution in [0.4, 0.5) is 11.4 Å². The van der Waals surface area contributed by atoms with Gasteiger partial charge in [-0.25, -0.2) is 0 Å². The average Bonchev–Trinajstić information content (AvgIpc) is 2.88. The molecule has 0 fully saturated rings. The standard InChI is InChI=1S/C15H18N2OS/c1-2-8-17(13-6-3-5-12(16)10-13)15(18)11-14-7-4-9-19-14/h3-7,9-10H,2,8,11,16H2,1H3. The van der Waals surface area contributed by atoms with Crippen molar-refractivity contribution >= 4 is 28.6 Å². The Hall–Kier alpha value is -1.81. The van der Waals surface area contributed by atoms with Crippen LogP contribution in [0.5, 0.6) is 0 Å². The number of benzene rings is 1. The van der Waals surface area contributed by atoms with Crippen LogP contribution in [-0.4, -0.2) is 12.5 Å². The van der Waals surface area contributed by atoms with Gasteiger partial charge in [0.25, 0.3) is 0 Å². The number of thiophene rings is 1. The van der Waals surface area contributed by atoms with Crippen molar-refractivity contribution in [1.82, 2.24) is 0 Å². The molecule has 0 aliphatic heterocycles. The number of nitrogens with two attached hydrogens (primary N) is 1. The van der Waals surface area contributed by atoms with Gasteiger partial charge in [-0.15, -0.1) is 11.3 Å². The lowest BCUT2D eigenvalue weighted by Gasteiger charge is -2.22. The molecule has 1 aromatic heterocycles. The van der Waals surface area contributed by atoms with Crippen molar-refractivity contribution in [3.05, 3.63) is 46.7 Å². The molecule has 0 aliphatic rings. The summed E-state index contributed by atoms with van der Waals surface area (Å²) < 4.78 is 0. The van der Waals surface area contributed by atoms with Gasteiger partial charge in [0.1, 0.15) is 0 Å². The van der Waals surface area contributed by atoms with Crippen molar-refractivity contribution < 1.29 is 4.79 Å². The van der Waals surface area contributed by atoms with E-state index < -0.39 is 0 Å². The van der Waals surface area contributed by atoms with Crippen LogP contribution in [0.2, 0.25) is 0 Å². The zero-order valence-corrected chi connectivity index (χ0v) is 11.8. The maximum atomic E-state index is 12.4. The fourth-order valence-corrected chi connectivity index (χ4v) is 2.67. The van der Waals surface area contributed by atoms with E-state index in [-0.39, 0.29) is 5.91 Å². The molecule has 0 atom stereocenters. The molecule has 0 saturated carbocycles. The van der Waals surface area contributed by atoms with Gasteiger partial charge in [0.15, 0.2) is 0 Å². The predicted octanol–water partition coefficient (Wildman–Crippen LogP) is 3.32. The van der Waals surface area contributed by atoms with Gasteiger partial charge in [0.05, 0.1) is 6.42 Å². The zero-order chi connectivity index (χ0) is 13.7. The molecule has 1 amide bonds. The van der Waals surface area contributed by atoms with Crippen molar-refractivity contribution in [2.24, 2.45) is 0 Å². The maximum Gasteiger partial charge on any atom is 0.232 e. The van der Waals surface area contributed by atoms with Crippen LogP contribution in [0.25, 0.3) is 0 Å². The summed E-state index contributed by atoms with van der Waals surface area (Å²) in [6.07, 6.45) is 1.37. The SMILES string of the molecule is CCCN(C(=O)Cc1cccs1)c1cccc(N)c1. The number of hydrogen-bond acceptors (Lipinski definition) is 3. The van der Waals surface area contributed by atoms with Crippen LogP contribution in [0.1, 0.15) is 18.2 Å². The number of nitrogen functional groups attached to an aromatic ring is 1. The summed E-state index contributed by atoms with van der Waals surface area (Å²) in [5.41, 5.74) is 7.35. The first-order valence-electron chi connectivity index (χ1n) is 6.39. The van der Waals surface area contributed by atoms with Gasteiger partial charge in [-0.2, -0.15) is 0 Å². The Labute approximate surface area is 117 Å². The van der Waals surface area contributed by atoms with Crippen molar-refractivity contribution in [2.75, 3.05) is 17.2 Å². The summed E-state index contributed by atoms with van der Waals surface area (Å²) in [5, 5.41) is 1.99. The summed E-state index contributed by atoms with van der Waals surface area (Å²) in [6, 6.07) is 11.5. The topological polar surface area (TPSA) is 46.3 Å². The number of carbonyl (C=O) groups excluding carboxylic acids is 1. The Morgan fingerprint density at radius 2 is 2.16 bits per heavy atom. The number of amides is 1. The molecular formula is C15H18N2OS. The fraction of sp³-hybridized carbons (Fsp3) is 0.267. The van der Waals surface area contributed by atoms with Crippen molar-refractivity contribution in [3.63, 3.8) is 0 Å². The molecule has 100 valence electrons. The monoisotopic (exact) mass is 274 g/mol. The largest absolute Gasteiger partial charge is 0.399 e. The first-order chi connectivity index (χ1) is 9.20. The smallest absolute Gasteiger partial charge is 0.232 e. The quantitative estimate of drug-likeness (QED) is 0.850. The van der Waals surface area contributed by atoms with Gasteiger partial charge in [0.2, 0.25) is 5.91 Å². The highest BCUT2D eigenvalue weighted by atomic mass is 32.1. The Bertz CT molecular complexity index is 537. The highest BCUT2D eigenvalue weighted by Gasteiger charge is 2.15. The minimum absolute atomic E-state index is 0.120. The Morgan fingerprint density at radius 1 is 1.32 bits per heavy atom. The van der Waals surface area contributed by atoms with Crippen LogP contribution in [-0.2, 0) is 11.2 Å². The van der Waals surface area contributed by atoms with Gasteiger partial charge in [-0.3, -0.25) is 4.79 Å². The summed E-state index contributed by atoms with van der Waals surface area (Å²) in [7, 11) is 0. The highest BCUT2D eigenvalue weighted by molar-refractivity contribution is 7.10. The second-order valence-electron chi connectivity index (χ2n) is 4.40. The molecule has 0 bridgehead atoms. The molecule has 1 heterocycles. The Balaban J connectivity index is 2.17. The summed E-state index contributed by atoms with van der Waals surface area (Å²) in [5.74, 6) is 0.120. The summed E-state index contributed by atoms with van der Waals surface area (Å²) in [6.45, 7) is 2.78. The van der Waals surface area contributed by atoms with E-state index in [0.717, 1.165) is 17.0 Å². The van der Waals surface area contributed by atoms with Crippen molar-refractivity contribution in [1.29, 1.82) is 0 Å². The summed E-state index contributed by atoms with van der Waals surface area (Å²) in [4.78, 5) is 15.3. The zero-order valence-electron chi connectivity index (χ0n) is 11.0. The number of nitrogens with zero attached hydrogens (tertiary/aromatic N) is 1. The molecule has 0 saturated heterocycles. The molecule has 4 heteroatoms. The van der Waals surface area contributed by atoms with E-state index in [9.17, 15) is 4.79 Å². The third kappa shape index (κ3) is 3.58. The first-order valence-corrected chi connectivity index (χ1v) is 7.27. The van der Waals surface area contributed by atoms with Crippen LogP contribution < -0.4 is 10.6 Å². The van der Waals surface area contributed by atoms with Crippen molar-refractivity contribution in [2.45, 2.75) is 19.8 Å². The molecule has 0 spiro atoms. The van der Waals surface area contributed by atoms with E-state index in [1.807, 2.05) is 46.7 Å². The van der Waals surface area contributed by atoms with E-state index in [2.05, 4.69) is 6.92 Å². The number of hydrogen-bond donors (Lipinski definition) is 1. The highest BCUT2D eigenvalue weighted by Crippen LogP contribution is 2.20. The van der Waals surface area contributed by atoms with E-state index in [1.165, 1.54) is 0 Å². The molecule has 2 aromatic rings. The van der Waals surface area contributed by atoms with E-state index >= 15 is 0 Å². The van der Waals surface area contributed by atoms with Crippen LogP contribution in [0.15, 0.2) is 41.8 Å². The van der Waals surface area contributed by atoms with Gasteiger partial charge >= 0.3 is 0 Å². The molecule has 0 unspecified atom stereocenters. The van der Waals surface area contributed by atoms with Gasteiger partial charge in [-0.05, 0) is 36.1 Å². The third-order valence-electron chi connectivity index (χ3n) is 2.84. The van der Waals surface area contributed by atoms with Crippen LogP contribution >= 0.6 is 11.3 Å². The first kappa shape index (κ1) is 13.6. The fourth-order valence-electron chi connectivity index (χ4n) is 1.97. The van der Waals surface area contributed by atoms with E-state index in [0.29, 0.717) is 18.7 Å². The van der Waals surface area contributed by atoms with Gasteiger partial charge in [-0.1, -0.05) is 19.1 Å². The minimum Gasteiger partial charge on any atom is -0.399 e. The third-order valence-corrected chi connectivity index (χ3v) is 3.71. The second-order valence-corrected chi connectivity index (χ2v) is 5.43. The molecule has 1 aromatic carbocycles. The molecule has 0 aliphatic carbocycles. The number of anilines is 2. The van der Waals surface area contributed by atoms with Crippen LogP contribution in [0, 0.1) is 0 Å². The molecule has 2 rings (SSSR count). The normalized spacial score (nSPS) is 10.4. The average molecular weight is 274 g/mol. The Kier molecular flexibility index (Phi) is 4.58. The second kappa shape index (κ2) is 6.38. The van der Waals surface area contributed by atoms with E-state index in [1.54, 1.807) is 11.3 Å². The molecule has 3 nitrogen and oxygen atoms in total. The predicted molar refractivity (Wildman–Crippen MR) is 81.5 cm³/mol. The molecule has 19 heavy (non-hydrogen) atoms. The molecular weight excluding hydrogens is 256 g/mol. The Morgan fingerprint density at radius 3 is 2.79 bits per heavy atom. The lowest BCUT2D eigenvalue weighted by Crippen LogP contribution is -2.32. The van der Waals surface area contributed by atoms with Crippen LogP contribution in [0.3, 0.4) is 0 Å². The molecule has 0 radical (unpaired) electrons. The van der Waals surface area contributed by atoms with Gasteiger partial charge < -0.3 is 10.6 Å². The molecule has 2 N–H and O–H groups in total. The maximum absolute atomic E-state index is 12.4.